The molecular weight excluding hydrogens is 343 g/mol. The summed E-state index contributed by atoms with van der Waals surface area (Å²) in [6, 6.07) is 6.06. The first kappa shape index (κ1) is 17.5. The Hall–Kier alpha value is -2.35. The first-order valence-electron chi connectivity index (χ1n) is 8.12. The number of halogens is 1. The number of para-hydroxylation sites is 1. The number of anilines is 2. The minimum atomic E-state index is -0.537. The molecule has 2 heterocycles. The lowest BCUT2D eigenvalue weighted by atomic mass is 10.1. The van der Waals surface area contributed by atoms with Crippen molar-refractivity contribution < 1.29 is 14.0 Å². The molecule has 2 aromatic rings. The van der Waals surface area contributed by atoms with E-state index in [4.69, 9.17) is 0 Å². The lowest BCUT2D eigenvalue weighted by molar-refractivity contribution is -0.122. The summed E-state index contributed by atoms with van der Waals surface area (Å²) in [5.41, 5.74) is 0.206. The van der Waals surface area contributed by atoms with Gasteiger partial charge in [-0.2, -0.15) is 0 Å². The second-order valence-corrected chi connectivity index (χ2v) is 7.51. The second kappa shape index (κ2) is 7.26. The molecule has 8 heteroatoms. The maximum Gasteiger partial charge on any atom is 0.231 e. The number of carbonyl (C=O) groups is 2. The van der Waals surface area contributed by atoms with Gasteiger partial charge in [0.05, 0.1) is 11.6 Å². The largest absolute Gasteiger partial charge is 0.309 e. The van der Waals surface area contributed by atoms with Crippen LogP contribution in [0.25, 0.3) is 0 Å². The summed E-state index contributed by atoms with van der Waals surface area (Å²) in [6.07, 6.45) is 0.855. The van der Waals surface area contributed by atoms with Gasteiger partial charge in [-0.1, -0.05) is 37.3 Å². The molecule has 1 saturated heterocycles. The Bertz CT molecular complexity index is 792. The molecule has 0 aliphatic carbocycles. The van der Waals surface area contributed by atoms with Crippen molar-refractivity contribution in [1.29, 1.82) is 0 Å². The second-order valence-electron chi connectivity index (χ2n) is 6.44. The standard InChI is InChI=1S/C17H19FN4O2S/c1-10(2)7-14-20-21-17(25-14)19-16(24)11-8-15(23)22(9-11)13-6-4-3-5-12(13)18/h3-6,10-11H,7-9H2,1-2H3,(H,19,21,24). The van der Waals surface area contributed by atoms with E-state index in [-0.39, 0.29) is 30.5 Å². The van der Waals surface area contributed by atoms with Crippen molar-refractivity contribution >= 4 is 34.0 Å². The van der Waals surface area contributed by atoms with Crippen molar-refractivity contribution in [3.8, 4) is 0 Å². The fourth-order valence-electron chi connectivity index (χ4n) is 2.73. The molecule has 1 unspecified atom stereocenters. The molecule has 1 aromatic carbocycles. The normalized spacial score (nSPS) is 17.4. The van der Waals surface area contributed by atoms with Crippen LogP contribution in [0.4, 0.5) is 15.2 Å². The van der Waals surface area contributed by atoms with E-state index in [1.54, 1.807) is 12.1 Å². The van der Waals surface area contributed by atoms with E-state index in [0.717, 1.165) is 11.4 Å². The van der Waals surface area contributed by atoms with Crippen LogP contribution in [0.15, 0.2) is 24.3 Å². The third kappa shape index (κ3) is 4.01. The smallest absolute Gasteiger partial charge is 0.231 e. The molecular formula is C17H19FN4O2S. The van der Waals surface area contributed by atoms with Gasteiger partial charge in [-0.3, -0.25) is 9.59 Å². The van der Waals surface area contributed by atoms with E-state index in [9.17, 15) is 14.0 Å². The van der Waals surface area contributed by atoms with Gasteiger partial charge >= 0.3 is 0 Å². The third-order valence-electron chi connectivity index (χ3n) is 3.92. The van der Waals surface area contributed by atoms with Gasteiger partial charge in [0.2, 0.25) is 16.9 Å². The van der Waals surface area contributed by atoms with Crippen LogP contribution in [-0.4, -0.2) is 28.6 Å². The molecule has 132 valence electrons. The number of nitrogens with zero attached hydrogens (tertiary/aromatic N) is 3. The Labute approximate surface area is 149 Å². The maximum atomic E-state index is 13.9. The van der Waals surface area contributed by atoms with Crippen molar-refractivity contribution in [2.24, 2.45) is 11.8 Å². The lowest BCUT2D eigenvalue weighted by Crippen LogP contribution is -2.28. The number of rotatable bonds is 5. The molecule has 1 atom stereocenters. The summed E-state index contributed by atoms with van der Waals surface area (Å²) in [4.78, 5) is 25.9. The lowest BCUT2D eigenvalue weighted by Gasteiger charge is -2.17. The molecule has 1 N–H and O–H groups in total. The molecule has 1 aromatic heterocycles. The topological polar surface area (TPSA) is 75.2 Å². The fourth-order valence-corrected chi connectivity index (χ4v) is 3.68. The first-order chi connectivity index (χ1) is 11.9. The van der Waals surface area contributed by atoms with Gasteiger partial charge in [0.15, 0.2) is 0 Å². The third-order valence-corrected chi connectivity index (χ3v) is 4.78. The monoisotopic (exact) mass is 362 g/mol. The zero-order valence-electron chi connectivity index (χ0n) is 14.0. The highest BCUT2D eigenvalue weighted by atomic mass is 32.1. The Kier molecular flexibility index (Phi) is 5.08. The highest BCUT2D eigenvalue weighted by Crippen LogP contribution is 2.28. The average Bonchev–Trinajstić information content (AvgIpc) is 3.14. The van der Waals surface area contributed by atoms with Gasteiger partial charge in [0, 0.05) is 19.4 Å². The minimum absolute atomic E-state index is 0.0534. The molecule has 3 rings (SSSR count). The minimum Gasteiger partial charge on any atom is -0.309 e. The summed E-state index contributed by atoms with van der Waals surface area (Å²) in [6.45, 7) is 4.32. The number of amides is 2. The Morgan fingerprint density at radius 3 is 2.88 bits per heavy atom. The summed E-state index contributed by atoms with van der Waals surface area (Å²) >= 11 is 1.34. The predicted octanol–water partition coefficient (Wildman–Crippen LogP) is 2.87. The molecule has 1 fully saturated rings. The average molecular weight is 362 g/mol. The maximum absolute atomic E-state index is 13.9. The number of benzene rings is 1. The molecule has 0 spiro atoms. The van der Waals surface area contributed by atoms with Crippen molar-refractivity contribution in [2.45, 2.75) is 26.7 Å². The van der Waals surface area contributed by atoms with Crippen LogP contribution in [0.1, 0.15) is 25.3 Å². The Balaban J connectivity index is 1.65. The van der Waals surface area contributed by atoms with Gasteiger partial charge in [-0.25, -0.2) is 4.39 Å². The van der Waals surface area contributed by atoms with Gasteiger partial charge in [0.1, 0.15) is 10.8 Å². The quantitative estimate of drug-likeness (QED) is 0.887. The first-order valence-corrected chi connectivity index (χ1v) is 8.94. The van der Waals surface area contributed by atoms with Crippen LogP contribution in [0.2, 0.25) is 0 Å². The zero-order chi connectivity index (χ0) is 18.0. The number of carbonyl (C=O) groups excluding carboxylic acids is 2. The van der Waals surface area contributed by atoms with Crippen LogP contribution in [0, 0.1) is 17.7 Å². The van der Waals surface area contributed by atoms with E-state index in [1.165, 1.54) is 28.4 Å². The van der Waals surface area contributed by atoms with Gasteiger partial charge < -0.3 is 10.2 Å². The van der Waals surface area contributed by atoms with Crippen molar-refractivity contribution in [2.75, 3.05) is 16.8 Å². The Morgan fingerprint density at radius 2 is 2.16 bits per heavy atom. The van der Waals surface area contributed by atoms with Crippen LogP contribution in [-0.2, 0) is 16.0 Å². The molecule has 1 aliphatic heterocycles. The predicted molar refractivity (Wildman–Crippen MR) is 93.9 cm³/mol. The zero-order valence-corrected chi connectivity index (χ0v) is 14.8. The van der Waals surface area contributed by atoms with Crippen molar-refractivity contribution in [3.05, 3.63) is 35.1 Å². The van der Waals surface area contributed by atoms with Gasteiger partial charge in [-0.15, -0.1) is 10.2 Å². The van der Waals surface area contributed by atoms with Crippen LogP contribution >= 0.6 is 11.3 Å². The highest BCUT2D eigenvalue weighted by molar-refractivity contribution is 7.15. The van der Waals surface area contributed by atoms with Crippen LogP contribution in [0.3, 0.4) is 0 Å². The van der Waals surface area contributed by atoms with Gasteiger partial charge in [-0.05, 0) is 18.1 Å². The Morgan fingerprint density at radius 1 is 1.40 bits per heavy atom. The summed E-state index contributed by atoms with van der Waals surface area (Å²) in [5, 5.41) is 12.0. The summed E-state index contributed by atoms with van der Waals surface area (Å²) in [7, 11) is 0. The van der Waals surface area contributed by atoms with Crippen molar-refractivity contribution in [3.63, 3.8) is 0 Å². The van der Waals surface area contributed by atoms with Crippen LogP contribution in [0.5, 0.6) is 0 Å². The number of nitrogens with one attached hydrogen (secondary N) is 1. The SMILES string of the molecule is CC(C)Cc1nnc(NC(=O)C2CC(=O)N(c3ccccc3F)C2)s1. The number of hydrogen-bond donors (Lipinski definition) is 1. The number of aromatic nitrogens is 2. The van der Waals surface area contributed by atoms with Crippen molar-refractivity contribution in [1.82, 2.24) is 10.2 Å². The van der Waals surface area contributed by atoms with E-state index >= 15 is 0 Å². The number of hydrogen-bond acceptors (Lipinski definition) is 5. The molecule has 6 nitrogen and oxygen atoms in total. The molecule has 0 radical (unpaired) electrons. The van der Waals surface area contributed by atoms with E-state index in [0.29, 0.717) is 11.0 Å². The molecule has 2 amide bonds. The summed E-state index contributed by atoms with van der Waals surface area (Å²) < 4.78 is 13.9. The van der Waals surface area contributed by atoms with Crippen LogP contribution < -0.4 is 10.2 Å². The van der Waals surface area contributed by atoms with E-state index < -0.39 is 11.7 Å². The summed E-state index contributed by atoms with van der Waals surface area (Å²) in [5.74, 6) is -1.11. The fraction of sp³-hybridized carbons (Fsp3) is 0.412. The molecule has 1 aliphatic rings. The van der Waals surface area contributed by atoms with Gasteiger partial charge in [0.25, 0.3) is 0 Å². The highest BCUT2D eigenvalue weighted by Gasteiger charge is 2.36. The van der Waals surface area contributed by atoms with E-state index in [2.05, 4.69) is 29.4 Å². The molecule has 0 saturated carbocycles. The molecule has 0 bridgehead atoms. The molecule has 25 heavy (non-hydrogen) atoms. The van der Waals surface area contributed by atoms with E-state index in [1.807, 2.05) is 0 Å².